The molecule has 0 unspecified atom stereocenters. The molecular formula is C14H31N3O2S. The van der Waals surface area contributed by atoms with Crippen LogP contribution in [0.25, 0.3) is 0 Å². The van der Waals surface area contributed by atoms with E-state index in [1.807, 2.05) is 14.1 Å². The van der Waals surface area contributed by atoms with Crippen molar-refractivity contribution in [3.05, 3.63) is 0 Å². The van der Waals surface area contributed by atoms with Crippen molar-refractivity contribution in [2.24, 2.45) is 11.3 Å². The van der Waals surface area contributed by atoms with Gasteiger partial charge in [0.15, 0.2) is 0 Å². The van der Waals surface area contributed by atoms with Crippen LogP contribution in [0.4, 0.5) is 0 Å². The Morgan fingerprint density at radius 3 is 2.40 bits per heavy atom. The number of rotatable bonds is 8. The summed E-state index contributed by atoms with van der Waals surface area (Å²) in [6, 6.07) is 0. The molecule has 0 aromatic carbocycles. The lowest BCUT2D eigenvalue weighted by Crippen LogP contribution is -2.41. The summed E-state index contributed by atoms with van der Waals surface area (Å²) in [7, 11) is 0.876. The third kappa shape index (κ3) is 7.57. The van der Waals surface area contributed by atoms with E-state index in [-0.39, 0.29) is 11.2 Å². The third-order valence-corrected chi connectivity index (χ3v) is 5.13. The standard InChI is InChI=1S/C14H31N3O2S/c1-14(2,12-17(3)4)11-16-20(18,19)10-7-13-5-8-15-9-6-13/h13,15-16H,5-12H2,1-4H3. The molecule has 2 N–H and O–H groups in total. The van der Waals surface area contributed by atoms with Crippen molar-refractivity contribution < 1.29 is 8.42 Å². The highest BCUT2D eigenvalue weighted by atomic mass is 32.2. The molecule has 20 heavy (non-hydrogen) atoms. The first-order valence-corrected chi connectivity index (χ1v) is 9.18. The molecule has 1 rings (SSSR count). The van der Waals surface area contributed by atoms with E-state index in [0.29, 0.717) is 12.5 Å². The minimum atomic E-state index is -3.14. The fourth-order valence-corrected chi connectivity index (χ4v) is 4.18. The molecule has 0 aromatic heterocycles. The lowest BCUT2D eigenvalue weighted by molar-refractivity contribution is 0.242. The maximum atomic E-state index is 12.1. The molecule has 0 amide bonds. The summed E-state index contributed by atoms with van der Waals surface area (Å²) in [4.78, 5) is 2.09. The zero-order chi connectivity index (χ0) is 15.2. The number of sulfonamides is 1. The molecule has 1 saturated heterocycles. The smallest absolute Gasteiger partial charge is 0.211 e. The predicted octanol–water partition coefficient (Wildman–Crippen LogP) is 0.883. The van der Waals surface area contributed by atoms with Gasteiger partial charge in [-0.25, -0.2) is 13.1 Å². The fraction of sp³-hybridized carbons (Fsp3) is 1.00. The SMILES string of the molecule is CN(C)CC(C)(C)CNS(=O)(=O)CCC1CCNCC1. The second-order valence-corrected chi connectivity index (χ2v) is 8.95. The van der Waals surface area contributed by atoms with Crippen LogP contribution in [-0.2, 0) is 10.0 Å². The van der Waals surface area contributed by atoms with Crippen molar-refractivity contribution in [1.82, 2.24) is 14.9 Å². The monoisotopic (exact) mass is 305 g/mol. The molecular weight excluding hydrogens is 274 g/mol. The first-order chi connectivity index (χ1) is 9.20. The van der Waals surface area contributed by atoms with E-state index in [2.05, 4.69) is 28.8 Å². The van der Waals surface area contributed by atoms with Gasteiger partial charge in [0.1, 0.15) is 0 Å². The molecule has 1 fully saturated rings. The maximum absolute atomic E-state index is 12.1. The van der Waals surface area contributed by atoms with Gasteiger partial charge in [-0.2, -0.15) is 0 Å². The third-order valence-electron chi connectivity index (χ3n) is 3.77. The van der Waals surface area contributed by atoms with Gasteiger partial charge in [-0.3, -0.25) is 0 Å². The average Bonchev–Trinajstić information content (AvgIpc) is 2.34. The van der Waals surface area contributed by atoms with Gasteiger partial charge in [0.25, 0.3) is 0 Å². The number of nitrogens with zero attached hydrogens (tertiary/aromatic N) is 1. The highest BCUT2D eigenvalue weighted by molar-refractivity contribution is 7.89. The van der Waals surface area contributed by atoms with E-state index in [0.717, 1.165) is 38.9 Å². The van der Waals surface area contributed by atoms with E-state index >= 15 is 0 Å². The van der Waals surface area contributed by atoms with Crippen molar-refractivity contribution in [1.29, 1.82) is 0 Å². The molecule has 0 atom stereocenters. The summed E-state index contributed by atoms with van der Waals surface area (Å²) in [5.41, 5.74) is -0.0503. The normalized spacial score (nSPS) is 18.6. The van der Waals surface area contributed by atoms with Crippen LogP contribution in [0.15, 0.2) is 0 Å². The Kier molecular flexibility index (Phi) is 6.91. The molecule has 0 bridgehead atoms. The van der Waals surface area contributed by atoms with Gasteiger partial charge in [0.05, 0.1) is 5.75 Å². The molecule has 0 aliphatic carbocycles. The predicted molar refractivity (Wildman–Crippen MR) is 84.3 cm³/mol. The number of piperidine rings is 1. The Labute approximate surface area is 124 Å². The summed E-state index contributed by atoms with van der Waals surface area (Å²) in [6.45, 7) is 7.58. The molecule has 6 heteroatoms. The van der Waals surface area contributed by atoms with Crippen molar-refractivity contribution in [2.75, 3.05) is 46.0 Å². The van der Waals surface area contributed by atoms with Crippen molar-refractivity contribution in [3.8, 4) is 0 Å². The molecule has 0 saturated carbocycles. The minimum Gasteiger partial charge on any atom is -0.317 e. The Balaban J connectivity index is 2.33. The molecule has 1 heterocycles. The van der Waals surface area contributed by atoms with Crippen molar-refractivity contribution >= 4 is 10.0 Å². The van der Waals surface area contributed by atoms with Crippen LogP contribution in [-0.4, -0.2) is 59.3 Å². The summed E-state index contributed by atoms with van der Waals surface area (Å²) in [6.07, 6.45) is 2.98. The van der Waals surface area contributed by atoms with E-state index in [9.17, 15) is 8.42 Å². The van der Waals surface area contributed by atoms with Gasteiger partial charge in [-0.15, -0.1) is 0 Å². The Hall–Kier alpha value is -0.170. The quantitative estimate of drug-likeness (QED) is 0.699. The van der Waals surface area contributed by atoms with Crippen molar-refractivity contribution in [3.63, 3.8) is 0 Å². The lowest BCUT2D eigenvalue weighted by atomic mass is 9.93. The van der Waals surface area contributed by atoms with Crippen LogP contribution < -0.4 is 10.0 Å². The molecule has 0 radical (unpaired) electrons. The second-order valence-electron chi connectivity index (χ2n) is 7.02. The highest BCUT2D eigenvalue weighted by Crippen LogP contribution is 2.18. The second kappa shape index (κ2) is 7.73. The maximum Gasteiger partial charge on any atom is 0.211 e. The number of hydrogen-bond donors (Lipinski definition) is 2. The highest BCUT2D eigenvalue weighted by Gasteiger charge is 2.23. The first-order valence-electron chi connectivity index (χ1n) is 7.53. The van der Waals surface area contributed by atoms with Gasteiger partial charge in [0.2, 0.25) is 10.0 Å². The van der Waals surface area contributed by atoms with Gasteiger partial charge in [-0.05, 0) is 57.8 Å². The Morgan fingerprint density at radius 1 is 1.25 bits per heavy atom. The number of nitrogens with one attached hydrogen (secondary N) is 2. The molecule has 0 spiro atoms. The first kappa shape index (κ1) is 17.9. The summed E-state index contributed by atoms with van der Waals surface area (Å²) >= 11 is 0. The Bertz CT molecular complexity index is 374. The molecule has 0 aromatic rings. The zero-order valence-electron chi connectivity index (χ0n) is 13.4. The molecule has 1 aliphatic heterocycles. The topological polar surface area (TPSA) is 61.4 Å². The van der Waals surface area contributed by atoms with Gasteiger partial charge < -0.3 is 10.2 Å². The van der Waals surface area contributed by atoms with Gasteiger partial charge >= 0.3 is 0 Å². The average molecular weight is 305 g/mol. The summed E-state index contributed by atoms with van der Waals surface area (Å²) in [5, 5.41) is 3.31. The van der Waals surface area contributed by atoms with E-state index in [4.69, 9.17) is 0 Å². The van der Waals surface area contributed by atoms with Crippen LogP contribution in [0.2, 0.25) is 0 Å². The summed E-state index contributed by atoms with van der Waals surface area (Å²) in [5.74, 6) is 0.818. The lowest BCUT2D eigenvalue weighted by Gasteiger charge is -2.28. The molecule has 1 aliphatic rings. The summed E-state index contributed by atoms with van der Waals surface area (Å²) < 4.78 is 26.9. The van der Waals surface area contributed by atoms with Crippen molar-refractivity contribution in [2.45, 2.75) is 33.1 Å². The largest absolute Gasteiger partial charge is 0.317 e. The number of hydrogen-bond acceptors (Lipinski definition) is 4. The van der Waals surface area contributed by atoms with E-state index in [1.165, 1.54) is 0 Å². The fourth-order valence-electron chi connectivity index (χ4n) is 2.78. The van der Waals surface area contributed by atoms with Crippen LogP contribution >= 0.6 is 0 Å². The van der Waals surface area contributed by atoms with Crippen LogP contribution in [0.5, 0.6) is 0 Å². The van der Waals surface area contributed by atoms with E-state index < -0.39 is 10.0 Å². The van der Waals surface area contributed by atoms with Crippen LogP contribution in [0.3, 0.4) is 0 Å². The van der Waals surface area contributed by atoms with Gasteiger partial charge in [0, 0.05) is 13.1 Å². The van der Waals surface area contributed by atoms with Gasteiger partial charge in [-0.1, -0.05) is 13.8 Å². The molecule has 5 nitrogen and oxygen atoms in total. The minimum absolute atomic E-state index is 0.0503. The zero-order valence-corrected chi connectivity index (χ0v) is 14.2. The van der Waals surface area contributed by atoms with Crippen LogP contribution in [0, 0.1) is 11.3 Å². The van der Waals surface area contributed by atoms with E-state index in [1.54, 1.807) is 0 Å². The molecule has 120 valence electrons. The Morgan fingerprint density at radius 2 is 1.85 bits per heavy atom. The van der Waals surface area contributed by atoms with Crippen LogP contribution in [0.1, 0.15) is 33.1 Å².